The summed E-state index contributed by atoms with van der Waals surface area (Å²) in [5, 5.41) is 3.19. The lowest BCUT2D eigenvalue weighted by molar-refractivity contribution is 0.257. The Morgan fingerprint density at radius 3 is 2.88 bits per heavy atom. The van der Waals surface area contributed by atoms with Gasteiger partial charge in [-0.25, -0.2) is 0 Å². The summed E-state index contributed by atoms with van der Waals surface area (Å²) in [6.07, 6.45) is 6.94. The van der Waals surface area contributed by atoms with E-state index in [2.05, 4.69) is 11.2 Å². The van der Waals surface area contributed by atoms with Gasteiger partial charge in [0, 0.05) is 25.7 Å². The predicted octanol–water partition coefficient (Wildman–Crippen LogP) is -0.766. The highest BCUT2D eigenvalue weighted by Crippen LogP contribution is 2.21. The SMILES string of the molecule is C#CCN1CCCN([C@H]2CCNC2)S1(=O)=O. The fraction of sp³-hybridized carbons (Fsp3) is 0.800. The third-order valence-electron chi connectivity index (χ3n) is 3.12. The Hall–Kier alpha value is -0.610. The van der Waals surface area contributed by atoms with E-state index in [-0.39, 0.29) is 12.6 Å². The second-order valence-electron chi connectivity index (χ2n) is 4.16. The number of nitrogens with zero attached hydrogens (tertiary/aromatic N) is 2. The molecule has 0 unspecified atom stereocenters. The molecule has 0 amide bonds. The third kappa shape index (κ3) is 2.09. The molecule has 6 heteroatoms. The molecule has 16 heavy (non-hydrogen) atoms. The Balaban J connectivity index is 2.16. The smallest absolute Gasteiger partial charge is 0.283 e. The number of rotatable bonds is 2. The molecule has 0 aromatic heterocycles. The van der Waals surface area contributed by atoms with Crippen LogP contribution in [-0.4, -0.2) is 55.8 Å². The highest BCUT2D eigenvalue weighted by molar-refractivity contribution is 7.86. The lowest BCUT2D eigenvalue weighted by Gasteiger charge is -2.36. The molecule has 2 fully saturated rings. The molecule has 2 aliphatic heterocycles. The maximum atomic E-state index is 12.2. The van der Waals surface area contributed by atoms with Crippen LogP contribution in [0.25, 0.3) is 0 Å². The average molecular weight is 243 g/mol. The van der Waals surface area contributed by atoms with E-state index < -0.39 is 10.2 Å². The van der Waals surface area contributed by atoms with Gasteiger partial charge < -0.3 is 5.32 Å². The third-order valence-corrected chi connectivity index (χ3v) is 5.16. The van der Waals surface area contributed by atoms with Gasteiger partial charge in [0.1, 0.15) is 0 Å². The van der Waals surface area contributed by atoms with Crippen LogP contribution < -0.4 is 5.32 Å². The van der Waals surface area contributed by atoms with E-state index in [1.54, 1.807) is 4.31 Å². The van der Waals surface area contributed by atoms with Gasteiger partial charge in [-0.15, -0.1) is 6.42 Å². The van der Waals surface area contributed by atoms with Crippen molar-refractivity contribution in [3.05, 3.63) is 0 Å². The topological polar surface area (TPSA) is 52.6 Å². The van der Waals surface area contributed by atoms with Crippen LogP contribution in [0.3, 0.4) is 0 Å². The van der Waals surface area contributed by atoms with Gasteiger partial charge in [0.05, 0.1) is 6.54 Å². The Morgan fingerprint density at radius 2 is 2.25 bits per heavy atom. The van der Waals surface area contributed by atoms with E-state index in [0.717, 1.165) is 25.9 Å². The molecule has 1 atom stereocenters. The average Bonchev–Trinajstić information content (AvgIpc) is 2.74. The molecule has 2 heterocycles. The molecule has 0 aromatic rings. The van der Waals surface area contributed by atoms with E-state index >= 15 is 0 Å². The highest BCUT2D eigenvalue weighted by Gasteiger charge is 2.38. The number of nitrogens with one attached hydrogen (secondary N) is 1. The summed E-state index contributed by atoms with van der Waals surface area (Å²) < 4.78 is 27.4. The summed E-state index contributed by atoms with van der Waals surface area (Å²) in [5.74, 6) is 2.41. The normalized spacial score (nSPS) is 31.3. The maximum absolute atomic E-state index is 12.2. The number of hydrogen-bond donors (Lipinski definition) is 1. The van der Waals surface area contributed by atoms with Crippen molar-refractivity contribution in [3.63, 3.8) is 0 Å². The lowest BCUT2D eigenvalue weighted by atomic mass is 10.2. The largest absolute Gasteiger partial charge is 0.315 e. The van der Waals surface area contributed by atoms with E-state index in [4.69, 9.17) is 6.42 Å². The molecule has 2 rings (SSSR count). The molecule has 2 aliphatic rings. The zero-order valence-electron chi connectivity index (χ0n) is 9.22. The van der Waals surface area contributed by atoms with E-state index in [0.29, 0.717) is 13.1 Å². The van der Waals surface area contributed by atoms with Crippen molar-refractivity contribution in [2.45, 2.75) is 18.9 Å². The van der Waals surface area contributed by atoms with Gasteiger partial charge in [-0.2, -0.15) is 17.0 Å². The summed E-state index contributed by atoms with van der Waals surface area (Å²) in [6, 6.07) is 0.102. The second-order valence-corrected chi connectivity index (χ2v) is 6.04. The molecule has 0 saturated carbocycles. The molecule has 2 saturated heterocycles. The Labute approximate surface area is 97.0 Å². The van der Waals surface area contributed by atoms with Crippen molar-refractivity contribution in [1.29, 1.82) is 0 Å². The summed E-state index contributed by atoms with van der Waals surface area (Å²) in [6.45, 7) is 2.99. The van der Waals surface area contributed by atoms with E-state index in [9.17, 15) is 8.42 Å². The van der Waals surface area contributed by atoms with Crippen LogP contribution in [0.4, 0.5) is 0 Å². The Kier molecular flexibility index (Phi) is 3.50. The van der Waals surface area contributed by atoms with Crippen LogP contribution in [0.15, 0.2) is 0 Å². The monoisotopic (exact) mass is 243 g/mol. The fourth-order valence-electron chi connectivity index (χ4n) is 2.30. The van der Waals surface area contributed by atoms with Gasteiger partial charge in [-0.1, -0.05) is 5.92 Å². The highest BCUT2D eigenvalue weighted by atomic mass is 32.2. The van der Waals surface area contributed by atoms with Gasteiger partial charge in [0.25, 0.3) is 10.2 Å². The standard InChI is InChI=1S/C10H17N3O2S/c1-2-6-12-7-3-8-13(16(12,14)15)10-4-5-11-9-10/h1,10-11H,3-9H2/t10-/m0/s1. The number of hydrogen-bond acceptors (Lipinski definition) is 3. The van der Waals surface area contributed by atoms with Crippen molar-refractivity contribution in [3.8, 4) is 12.3 Å². The second kappa shape index (κ2) is 4.72. The first-order valence-electron chi connectivity index (χ1n) is 5.57. The molecule has 0 bridgehead atoms. The molecule has 1 N–H and O–H groups in total. The Bertz CT molecular complexity index is 381. The van der Waals surface area contributed by atoms with Crippen molar-refractivity contribution in [1.82, 2.24) is 13.9 Å². The van der Waals surface area contributed by atoms with Crippen molar-refractivity contribution in [2.75, 3.05) is 32.7 Å². The minimum absolute atomic E-state index is 0.102. The zero-order chi connectivity index (χ0) is 11.6. The van der Waals surface area contributed by atoms with Crippen LogP contribution in [0, 0.1) is 12.3 Å². The van der Waals surface area contributed by atoms with Crippen LogP contribution in [0.2, 0.25) is 0 Å². The molecule has 0 radical (unpaired) electrons. The fourth-order valence-corrected chi connectivity index (χ4v) is 4.11. The van der Waals surface area contributed by atoms with Crippen LogP contribution in [0.5, 0.6) is 0 Å². The van der Waals surface area contributed by atoms with Gasteiger partial charge in [0.15, 0.2) is 0 Å². The summed E-state index contributed by atoms with van der Waals surface area (Å²) in [4.78, 5) is 0. The first kappa shape index (κ1) is 11.9. The maximum Gasteiger partial charge on any atom is 0.283 e. The molecular weight excluding hydrogens is 226 g/mol. The van der Waals surface area contributed by atoms with Crippen LogP contribution in [0.1, 0.15) is 12.8 Å². The molecule has 90 valence electrons. The van der Waals surface area contributed by atoms with Crippen LogP contribution >= 0.6 is 0 Å². The van der Waals surface area contributed by atoms with Crippen molar-refractivity contribution < 1.29 is 8.42 Å². The summed E-state index contributed by atoms with van der Waals surface area (Å²) in [7, 11) is -3.33. The first-order chi connectivity index (χ1) is 7.66. The minimum atomic E-state index is -3.33. The summed E-state index contributed by atoms with van der Waals surface area (Å²) >= 11 is 0. The molecular formula is C10H17N3O2S. The van der Waals surface area contributed by atoms with Gasteiger partial charge in [-0.05, 0) is 19.4 Å². The lowest BCUT2D eigenvalue weighted by Crippen LogP contribution is -2.54. The van der Waals surface area contributed by atoms with E-state index in [1.807, 2.05) is 0 Å². The Morgan fingerprint density at radius 1 is 1.44 bits per heavy atom. The predicted molar refractivity (Wildman–Crippen MR) is 61.9 cm³/mol. The quantitative estimate of drug-likeness (QED) is 0.648. The van der Waals surface area contributed by atoms with Crippen molar-refractivity contribution in [2.24, 2.45) is 0 Å². The van der Waals surface area contributed by atoms with Gasteiger partial charge in [0.2, 0.25) is 0 Å². The van der Waals surface area contributed by atoms with Gasteiger partial charge in [-0.3, -0.25) is 0 Å². The first-order valence-corrected chi connectivity index (χ1v) is 6.97. The molecule has 0 aliphatic carbocycles. The molecule has 0 spiro atoms. The number of terminal acetylenes is 1. The molecule has 0 aromatic carbocycles. The van der Waals surface area contributed by atoms with Gasteiger partial charge >= 0.3 is 0 Å². The van der Waals surface area contributed by atoms with E-state index in [1.165, 1.54) is 4.31 Å². The summed E-state index contributed by atoms with van der Waals surface area (Å²) in [5.41, 5.74) is 0. The molecule has 5 nitrogen and oxygen atoms in total. The van der Waals surface area contributed by atoms with Crippen molar-refractivity contribution >= 4 is 10.2 Å². The minimum Gasteiger partial charge on any atom is -0.315 e. The zero-order valence-corrected chi connectivity index (χ0v) is 10.0. The van der Waals surface area contributed by atoms with Crippen LogP contribution in [-0.2, 0) is 10.2 Å².